The van der Waals surface area contributed by atoms with Crippen LogP contribution in [0.1, 0.15) is 51.3 Å². The van der Waals surface area contributed by atoms with Gasteiger partial charge in [0.2, 0.25) is 0 Å². The minimum absolute atomic E-state index is 0.724. The summed E-state index contributed by atoms with van der Waals surface area (Å²) < 4.78 is 0. The fourth-order valence-electron chi connectivity index (χ4n) is 2.15. The van der Waals surface area contributed by atoms with Gasteiger partial charge in [-0.05, 0) is 56.0 Å². The molecule has 0 amide bonds. The lowest BCUT2D eigenvalue weighted by Crippen LogP contribution is -2.29. The van der Waals surface area contributed by atoms with Crippen molar-refractivity contribution >= 4 is 11.3 Å². The molecule has 0 spiro atoms. The highest BCUT2D eigenvalue weighted by Gasteiger charge is 2.08. The quantitative estimate of drug-likeness (QED) is 0.684. The Hall–Kier alpha value is -0.340. The maximum absolute atomic E-state index is 3.62. The summed E-state index contributed by atoms with van der Waals surface area (Å²) >= 11 is 1.89. The smallest absolute Gasteiger partial charge is 0.00671 e. The highest BCUT2D eigenvalue weighted by Crippen LogP contribution is 2.15. The van der Waals surface area contributed by atoms with Crippen molar-refractivity contribution in [1.82, 2.24) is 5.32 Å². The Balaban J connectivity index is 2.19. The van der Waals surface area contributed by atoms with E-state index in [2.05, 4.69) is 43.6 Å². The van der Waals surface area contributed by atoms with Gasteiger partial charge in [-0.25, -0.2) is 0 Å². The summed E-state index contributed by atoms with van der Waals surface area (Å²) in [5.41, 5.74) is 0. The summed E-state index contributed by atoms with van der Waals surface area (Å²) in [6.07, 6.45) is 6.56. The highest BCUT2D eigenvalue weighted by molar-refractivity contribution is 7.09. The van der Waals surface area contributed by atoms with Gasteiger partial charge >= 0.3 is 0 Å². The van der Waals surface area contributed by atoms with E-state index >= 15 is 0 Å². The van der Waals surface area contributed by atoms with Crippen LogP contribution in [0.2, 0.25) is 0 Å². The molecule has 1 rings (SSSR count). The van der Waals surface area contributed by atoms with Crippen LogP contribution in [0.4, 0.5) is 0 Å². The predicted molar refractivity (Wildman–Crippen MR) is 78.8 cm³/mol. The maximum Gasteiger partial charge on any atom is 0.00671 e. The zero-order chi connectivity index (χ0) is 12.5. The van der Waals surface area contributed by atoms with Crippen molar-refractivity contribution in [2.45, 2.75) is 58.9 Å². The van der Waals surface area contributed by atoms with Crippen molar-refractivity contribution in [2.24, 2.45) is 5.92 Å². The molecule has 0 aromatic carbocycles. The molecular weight excluding hydrogens is 226 g/mol. The zero-order valence-corrected chi connectivity index (χ0v) is 12.4. The first-order valence-electron chi connectivity index (χ1n) is 6.98. The molecule has 1 aromatic rings. The fourth-order valence-corrected chi connectivity index (χ4v) is 2.90. The molecule has 0 aliphatic heterocycles. The van der Waals surface area contributed by atoms with E-state index < -0.39 is 0 Å². The first-order valence-corrected chi connectivity index (χ1v) is 7.86. The van der Waals surface area contributed by atoms with E-state index in [1.165, 1.54) is 37.0 Å². The Morgan fingerprint density at radius 1 is 1.24 bits per heavy atom. The highest BCUT2D eigenvalue weighted by atomic mass is 32.1. The van der Waals surface area contributed by atoms with Crippen LogP contribution in [0.25, 0.3) is 0 Å². The van der Waals surface area contributed by atoms with Crippen LogP contribution in [0.15, 0.2) is 17.5 Å². The molecule has 0 aliphatic carbocycles. The van der Waals surface area contributed by atoms with E-state index in [0.29, 0.717) is 0 Å². The third kappa shape index (κ3) is 6.85. The molecule has 1 nitrogen and oxygen atoms in total. The number of aryl methyl sites for hydroxylation is 1. The molecule has 0 aliphatic rings. The second kappa shape index (κ2) is 8.71. The van der Waals surface area contributed by atoms with Crippen LogP contribution < -0.4 is 5.32 Å². The molecule has 0 bridgehead atoms. The first kappa shape index (κ1) is 14.7. The third-order valence-electron chi connectivity index (χ3n) is 3.14. The van der Waals surface area contributed by atoms with Crippen molar-refractivity contribution in [1.29, 1.82) is 0 Å². The van der Waals surface area contributed by atoms with E-state index in [0.717, 1.165) is 18.5 Å². The van der Waals surface area contributed by atoms with Crippen LogP contribution in [0, 0.1) is 5.92 Å². The Morgan fingerprint density at radius 3 is 2.65 bits per heavy atom. The predicted octanol–water partition coefficient (Wildman–Crippen LogP) is 4.49. The zero-order valence-electron chi connectivity index (χ0n) is 11.5. The Morgan fingerprint density at radius 2 is 2.06 bits per heavy atom. The van der Waals surface area contributed by atoms with Crippen molar-refractivity contribution in [3.05, 3.63) is 22.4 Å². The Bertz CT molecular complexity index is 266. The fraction of sp³-hybridized carbons (Fsp3) is 0.733. The lowest BCUT2D eigenvalue weighted by atomic mass is 9.99. The topological polar surface area (TPSA) is 12.0 Å². The Labute approximate surface area is 111 Å². The molecule has 17 heavy (non-hydrogen) atoms. The van der Waals surface area contributed by atoms with Crippen LogP contribution in [-0.4, -0.2) is 12.6 Å². The lowest BCUT2D eigenvalue weighted by molar-refractivity contribution is 0.409. The molecular formula is C15H27NS. The van der Waals surface area contributed by atoms with E-state index in [1.807, 2.05) is 11.3 Å². The maximum atomic E-state index is 3.62. The second-order valence-corrected chi connectivity index (χ2v) is 6.23. The van der Waals surface area contributed by atoms with Gasteiger partial charge in [0.05, 0.1) is 0 Å². The summed E-state index contributed by atoms with van der Waals surface area (Å²) in [4.78, 5) is 1.53. The van der Waals surface area contributed by atoms with Gasteiger partial charge in [0.15, 0.2) is 0 Å². The van der Waals surface area contributed by atoms with Gasteiger partial charge in [-0.2, -0.15) is 0 Å². The second-order valence-electron chi connectivity index (χ2n) is 5.20. The van der Waals surface area contributed by atoms with Crippen molar-refractivity contribution < 1.29 is 0 Å². The molecule has 0 radical (unpaired) electrons. The third-order valence-corrected chi connectivity index (χ3v) is 4.08. The summed E-state index contributed by atoms with van der Waals surface area (Å²) in [7, 11) is 0. The summed E-state index contributed by atoms with van der Waals surface area (Å²) in [6, 6.07) is 5.13. The van der Waals surface area contributed by atoms with Gasteiger partial charge in [-0.3, -0.25) is 0 Å². The molecule has 0 saturated carbocycles. The average molecular weight is 253 g/mol. The number of nitrogens with one attached hydrogen (secondary N) is 1. The number of hydrogen-bond donors (Lipinski definition) is 1. The van der Waals surface area contributed by atoms with Crippen LogP contribution in [-0.2, 0) is 6.42 Å². The first-order chi connectivity index (χ1) is 8.22. The van der Waals surface area contributed by atoms with Gasteiger partial charge in [0.1, 0.15) is 0 Å². The van der Waals surface area contributed by atoms with Gasteiger partial charge in [-0.1, -0.05) is 26.8 Å². The van der Waals surface area contributed by atoms with Crippen LogP contribution >= 0.6 is 11.3 Å². The van der Waals surface area contributed by atoms with Gasteiger partial charge in [0, 0.05) is 10.9 Å². The SMILES string of the molecule is CCNC(CCCc1cccs1)CCC(C)C. The van der Waals surface area contributed by atoms with Crippen LogP contribution in [0.3, 0.4) is 0 Å². The molecule has 2 heteroatoms. The van der Waals surface area contributed by atoms with E-state index in [1.54, 1.807) is 0 Å². The number of rotatable bonds is 9. The number of hydrogen-bond acceptors (Lipinski definition) is 2. The standard InChI is InChI=1S/C15H27NS/c1-4-16-14(11-10-13(2)3)7-5-8-15-9-6-12-17-15/h6,9,12-14,16H,4-5,7-8,10-11H2,1-3H3. The minimum Gasteiger partial charge on any atom is -0.314 e. The van der Waals surface area contributed by atoms with Gasteiger partial charge < -0.3 is 5.32 Å². The minimum atomic E-state index is 0.724. The summed E-state index contributed by atoms with van der Waals surface area (Å²) in [6.45, 7) is 7.94. The van der Waals surface area contributed by atoms with Gasteiger partial charge in [0.25, 0.3) is 0 Å². The number of thiophene rings is 1. The lowest BCUT2D eigenvalue weighted by Gasteiger charge is -2.18. The summed E-state index contributed by atoms with van der Waals surface area (Å²) in [5.74, 6) is 0.827. The largest absolute Gasteiger partial charge is 0.314 e. The van der Waals surface area contributed by atoms with Crippen molar-refractivity contribution in [3.63, 3.8) is 0 Å². The normalized spacial score (nSPS) is 13.2. The van der Waals surface area contributed by atoms with E-state index in [9.17, 15) is 0 Å². The molecule has 1 unspecified atom stereocenters. The molecule has 1 atom stereocenters. The molecule has 1 heterocycles. The van der Waals surface area contributed by atoms with Crippen molar-refractivity contribution in [3.8, 4) is 0 Å². The Kier molecular flexibility index (Phi) is 7.54. The monoisotopic (exact) mass is 253 g/mol. The molecule has 98 valence electrons. The van der Waals surface area contributed by atoms with E-state index in [-0.39, 0.29) is 0 Å². The van der Waals surface area contributed by atoms with E-state index in [4.69, 9.17) is 0 Å². The molecule has 1 aromatic heterocycles. The molecule has 0 saturated heterocycles. The van der Waals surface area contributed by atoms with Crippen LogP contribution in [0.5, 0.6) is 0 Å². The van der Waals surface area contributed by atoms with Gasteiger partial charge in [-0.15, -0.1) is 11.3 Å². The summed E-state index contributed by atoms with van der Waals surface area (Å²) in [5, 5.41) is 5.80. The average Bonchev–Trinajstić information content (AvgIpc) is 2.78. The van der Waals surface area contributed by atoms with Crippen molar-refractivity contribution in [2.75, 3.05) is 6.54 Å². The molecule has 0 fully saturated rings. The molecule has 1 N–H and O–H groups in total.